The molecule has 1 N–H and O–H groups in total. The molecule has 2 aromatic carbocycles. The molecule has 2 heterocycles. The van der Waals surface area contributed by atoms with Gasteiger partial charge in [0.25, 0.3) is 5.91 Å². The maximum atomic E-state index is 13.1. The molecule has 7 heteroatoms. The predicted molar refractivity (Wildman–Crippen MR) is 129 cm³/mol. The van der Waals surface area contributed by atoms with Crippen molar-refractivity contribution < 1.29 is 4.79 Å². The van der Waals surface area contributed by atoms with Crippen LogP contribution in [0.3, 0.4) is 0 Å². The lowest BCUT2D eigenvalue weighted by atomic mass is 10.1. The number of halogens is 2. The number of amides is 1. The molecule has 0 spiro atoms. The van der Waals surface area contributed by atoms with Crippen molar-refractivity contribution >= 4 is 40.4 Å². The molecule has 2 aromatic heterocycles. The number of nitrogens with zero attached hydrogens (tertiary/aromatic N) is 2. The van der Waals surface area contributed by atoms with E-state index in [1.54, 1.807) is 28.2 Å². The molecular formula is C24H21Cl2N3OS. The van der Waals surface area contributed by atoms with Gasteiger partial charge < -0.3 is 5.32 Å². The van der Waals surface area contributed by atoms with E-state index in [0.717, 1.165) is 32.9 Å². The van der Waals surface area contributed by atoms with Gasteiger partial charge in [-0.3, -0.25) is 4.79 Å². The van der Waals surface area contributed by atoms with Crippen molar-refractivity contribution in [2.24, 2.45) is 0 Å². The van der Waals surface area contributed by atoms with Crippen LogP contribution in [0.4, 0.5) is 0 Å². The largest absolute Gasteiger partial charge is 0.350 e. The van der Waals surface area contributed by atoms with Crippen LogP contribution in [0.2, 0.25) is 10.0 Å². The van der Waals surface area contributed by atoms with Gasteiger partial charge in [-0.05, 0) is 72.7 Å². The topological polar surface area (TPSA) is 46.9 Å². The highest BCUT2D eigenvalue weighted by Crippen LogP contribution is 2.27. The van der Waals surface area contributed by atoms with E-state index < -0.39 is 0 Å². The summed E-state index contributed by atoms with van der Waals surface area (Å²) in [7, 11) is 0. The van der Waals surface area contributed by atoms with Gasteiger partial charge in [0.2, 0.25) is 0 Å². The third-order valence-corrected chi connectivity index (χ3v) is 6.48. The van der Waals surface area contributed by atoms with Gasteiger partial charge in [0.15, 0.2) is 0 Å². The fourth-order valence-electron chi connectivity index (χ4n) is 3.34. The minimum absolute atomic E-state index is 0.179. The minimum Gasteiger partial charge on any atom is -0.350 e. The zero-order chi connectivity index (χ0) is 22.0. The van der Waals surface area contributed by atoms with Gasteiger partial charge in [-0.1, -0.05) is 47.5 Å². The summed E-state index contributed by atoms with van der Waals surface area (Å²) >= 11 is 13.8. The van der Waals surface area contributed by atoms with Crippen molar-refractivity contribution in [2.75, 3.05) is 6.54 Å². The molecule has 158 valence electrons. The summed E-state index contributed by atoms with van der Waals surface area (Å²) in [5, 5.41) is 11.0. The molecule has 31 heavy (non-hydrogen) atoms. The summed E-state index contributed by atoms with van der Waals surface area (Å²) in [5.74, 6) is -0.179. The third kappa shape index (κ3) is 4.85. The van der Waals surface area contributed by atoms with Crippen LogP contribution in [0.1, 0.15) is 27.2 Å². The van der Waals surface area contributed by atoms with Gasteiger partial charge in [0.05, 0.1) is 10.6 Å². The summed E-state index contributed by atoms with van der Waals surface area (Å²) in [5.41, 5.74) is 5.27. The zero-order valence-electron chi connectivity index (χ0n) is 17.2. The van der Waals surface area contributed by atoms with Crippen molar-refractivity contribution in [1.29, 1.82) is 0 Å². The maximum Gasteiger partial charge on any atom is 0.270 e. The van der Waals surface area contributed by atoms with Crippen LogP contribution in [0.25, 0.3) is 16.3 Å². The molecule has 4 rings (SSSR count). The Kier molecular flexibility index (Phi) is 6.46. The lowest BCUT2D eigenvalue weighted by Gasteiger charge is -2.12. The Morgan fingerprint density at radius 1 is 1.10 bits per heavy atom. The lowest BCUT2D eigenvalue weighted by molar-refractivity contribution is 0.0946. The Labute approximate surface area is 195 Å². The summed E-state index contributed by atoms with van der Waals surface area (Å²) < 4.78 is 1.74. The fraction of sp³-hybridized carbons (Fsp3) is 0.167. The Bertz CT molecular complexity index is 1230. The van der Waals surface area contributed by atoms with E-state index in [1.807, 2.05) is 55.6 Å². The van der Waals surface area contributed by atoms with Crippen LogP contribution in [0.15, 0.2) is 60.0 Å². The van der Waals surface area contributed by atoms with Crippen LogP contribution in [0, 0.1) is 13.8 Å². The maximum absolute atomic E-state index is 13.1. The first-order valence-corrected chi connectivity index (χ1v) is 11.5. The molecule has 0 bridgehead atoms. The second-order valence-electron chi connectivity index (χ2n) is 7.34. The van der Waals surface area contributed by atoms with Crippen LogP contribution in [0.5, 0.6) is 0 Å². The number of carbonyl (C=O) groups excluding carboxylic acids is 1. The molecule has 0 aliphatic heterocycles. The molecular weight excluding hydrogens is 449 g/mol. The first-order chi connectivity index (χ1) is 14.9. The van der Waals surface area contributed by atoms with Crippen molar-refractivity contribution in [3.8, 4) is 16.3 Å². The Morgan fingerprint density at radius 3 is 2.68 bits per heavy atom. The SMILES string of the molecule is Cc1ccc(C)c(-n2nc(-c3cccs3)cc2C(=O)NCCc2ccc(Cl)cc2Cl)c1. The van der Waals surface area contributed by atoms with Crippen LogP contribution >= 0.6 is 34.5 Å². The molecule has 0 fully saturated rings. The third-order valence-electron chi connectivity index (χ3n) is 5.00. The number of aromatic nitrogens is 2. The lowest BCUT2D eigenvalue weighted by Crippen LogP contribution is -2.28. The molecule has 0 atom stereocenters. The summed E-state index contributed by atoms with van der Waals surface area (Å²) in [4.78, 5) is 14.1. The van der Waals surface area contributed by atoms with Crippen molar-refractivity contribution in [1.82, 2.24) is 15.1 Å². The number of aryl methyl sites for hydroxylation is 2. The monoisotopic (exact) mass is 469 g/mol. The molecule has 0 aliphatic carbocycles. The normalized spacial score (nSPS) is 11.0. The number of hydrogen-bond donors (Lipinski definition) is 1. The highest BCUT2D eigenvalue weighted by molar-refractivity contribution is 7.13. The Balaban J connectivity index is 1.61. The number of carbonyl (C=O) groups is 1. The molecule has 0 saturated heterocycles. The van der Waals surface area contributed by atoms with E-state index in [-0.39, 0.29) is 5.91 Å². The molecule has 0 aliphatic rings. The first kappa shape index (κ1) is 21.6. The number of thiophene rings is 1. The van der Waals surface area contributed by atoms with Crippen molar-refractivity contribution in [3.05, 3.63) is 92.4 Å². The summed E-state index contributed by atoms with van der Waals surface area (Å²) in [6.07, 6.45) is 0.608. The number of hydrogen-bond acceptors (Lipinski definition) is 3. The second kappa shape index (κ2) is 9.27. The van der Waals surface area contributed by atoms with Crippen LogP contribution < -0.4 is 5.32 Å². The highest BCUT2D eigenvalue weighted by Gasteiger charge is 2.19. The molecule has 0 saturated carbocycles. The highest BCUT2D eigenvalue weighted by atomic mass is 35.5. The average molecular weight is 470 g/mol. The molecule has 4 aromatic rings. The van der Waals surface area contributed by atoms with Gasteiger partial charge in [-0.25, -0.2) is 4.68 Å². The van der Waals surface area contributed by atoms with Gasteiger partial charge in [0, 0.05) is 16.6 Å². The fourth-order valence-corrected chi connectivity index (χ4v) is 4.53. The summed E-state index contributed by atoms with van der Waals surface area (Å²) in [6, 6.07) is 17.4. The number of rotatable bonds is 6. The Hall–Kier alpha value is -2.60. The van der Waals surface area contributed by atoms with Gasteiger partial charge in [-0.15, -0.1) is 11.3 Å². The average Bonchev–Trinajstić information content (AvgIpc) is 3.41. The number of nitrogens with one attached hydrogen (secondary N) is 1. The molecule has 1 amide bonds. The van der Waals surface area contributed by atoms with Gasteiger partial charge in [0.1, 0.15) is 11.4 Å². The van der Waals surface area contributed by atoms with Crippen LogP contribution in [-0.2, 0) is 6.42 Å². The molecule has 0 radical (unpaired) electrons. The van der Waals surface area contributed by atoms with Crippen molar-refractivity contribution in [3.63, 3.8) is 0 Å². The standard InChI is InChI=1S/C24H21Cl2N3OS/c1-15-5-6-16(2)21(12-15)29-22(14-20(28-29)23-4-3-11-31-23)24(30)27-10-9-17-7-8-18(25)13-19(17)26/h3-8,11-14H,9-10H2,1-2H3,(H,27,30). The van der Waals surface area contributed by atoms with E-state index >= 15 is 0 Å². The van der Waals surface area contributed by atoms with Gasteiger partial charge in [-0.2, -0.15) is 5.10 Å². The Morgan fingerprint density at radius 2 is 1.94 bits per heavy atom. The van der Waals surface area contributed by atoms with E-state index in [2.05, 4.69) is 11.4 Å². The first-order valence-electron chi connectivity index (χ1n) is 9.86. The van der Waals surface area contributed by atoms with Gasteiger partial charge >= 0.3 is 0 Å². The van der Waals surface area contributed by atoms with Crippen LogP contribution in [-0.4, -0.2) is 22.2 Å². The van der Waals surface area contributed by atoms with E-state index in [4.69, 9.17) is 28.3 Å². The molecule has 4 nitrogen and oxygen atoms in total. The van der Waals surface area contributed by atoms with E-state index in [9.17, 15) is 4.79 Å². The smallest absolute Gasteiger partial charge is 0.270 e. The zero-order valence-corrected chi connectivity index (χ0v) is 19.5. The van der Waals surface area contributed by atoms with E-state index in [0.29, 0.717) is 28.7 Å². The molecule has 0 unspecified atom stereocenters. The summed E-state index contributed by atoms with van der Waals surface area (Å²) in [6.45, 7) is 4.50. The van der Waals surface area contributed by atoms with Crippen molar-refractivity contribution in [2.45, 2.75) is 20.3 Å². The predicted octanol–water partition coefficient (Wildman–Crippen LogP) is 6.50. The second-order valence-corrected chi connectivity index (χ2v) is 9.13. The van der Waals surface area contributed by atoms with E-state index in [1.165, 1.54) is 0 Å². The quantitative estimate of drug-likeness (QED) is 0.350. The number of benzene rings is 2. The minimum atomic E-state index is -0.179.